The SMILES string of the molecule is CC(=O)O[n+]1ccn(C)c1.F[P-](F)(F)(F)(F)F. The zero-order valence-electron chi connectivity index (χ0n) is 8.66. The van der Waals surface area contributed by atoms with E-state index >= 15 is 0 Å². The van der Waals surface area contributed by atoms with Crippen LogP contribution in [0.3, 0.4) is 0 Å². The Labute approximate surface area is 91.6 Å². The van der Waals surface area contributed by atoms with Crippen LogP contribution in [-0.2, 0) is 11.8 Å². The molecule has 11 heteroatoms. The predicted molar refractivity (Wildman–Crippen MR) is 46.4 cm³/mol. The summed E-state index contributed by atoms with van der Waals surface area (Å²) in [6.45, 7) is 1.36. The number of imidazole rings is 1. The van der Waals surface area contributed by atoms with Gasteiger partial charge in [-0.1, -0.05) is 0 Å². The van der Waals surface area contributed by atoms with Crippen molar-refractivity contribution < 1.29 is 39.5 Å². The van der Waals surface area contributed by atoms with E-state index < -0.39 is 7.81 Å². The third-order valence-corrected chi connectivity index (χ3v) is 0.979. The van der Waals surface area contributed by atoms with Gasteiger partial charge in [0, 0.05) is 6.92 Å². The summed E-state index contributed by atoms with van der Waals surface area (Å²) in [5, 5.41) is 0. The van der Waals surface area contributed by atoms with Crippen molar-refractivity contribution in [2.45, 2.75) is 6.92 Å². The zero-order chi connectivity index (χ0) is 14.0. The van der Waals surface area contributed by atoms with E-state index in [1.54, 1.807) is 23.3 Å². The van der Waals surface area contributed by atoms with Gasteiger partial charge in [0.2, 0.25) is 0 Å². The molecule has 0 spiro atoms. The van der Waals surface area contributed by atoms with Crippen molar-refractivity contribution in [3.63, 3.8) is 0 Å². The summed E-state index contributed by atoms with van der Waals surface area (Å²) < 4.78 is 62.3. The average molecular weight is 286 g/mol. The quantitative estimate of drug-likeness (QED) is 0.452. The molecule has 0 fully saturated rings. The first kappa shape index (κ1) is 15.7. The minimum atomic E-state index is -10.7. The molecule has 1 heterocycles. The van der Waals surface area contributed by atoms with Crippen LogP contribution >= 0.6 is 7.81 Å². The molecule has 0 aliphatic carbocycles. The molecule has 0 unspecified atom stereocenters. The van der Waals surface area contributed by atoms with Gasteiger partial charge in [0.15, 0.2) is 6.20 Å². The van der Waals surface area contributed by atoms with Crippen molar-refractivity contribution in [2.75, 3.05) is 0 Å². The third-order valence-electron chi connectivity index (χ3n) is 0.979. The molecule has 17 heavy (non-hydrogen) atoms. The molecule has 0 saturated heterocycles. The van der Waals surface area contributed by atoms with Gasteiger partial charge in [0.25, 0.3) is 6.33 Å². The summed E-state index contributed by atoms with van der Waals surface area (Å²) in [7, 11) is -8.81. The molecule has 0 saturated carbocycles. The Morgan fingerprint density at radius 1 is 1.24 bits per heavy atom. The second-order valence-corrected chi connectivity index (χ2v) is 4.90. The molecule has 102 valence electrons. The van der Waals surface area contributed by atoms with E-state index in [1.807, 2.05) is 7.05 Å². The first-order valence-corrected chi connectivity index (χ1v) is 5.95. The molecule has 0 N–H and O–H groups in total. The number of rotatable bonds is 1. The number of halogens is 6. The summed E-state index contributed by atoms with van der Waals surface area (Å²) in [4.78, 5) is 15.1. The Kier molecular flexibility index (Phi) is 3.57. The van der Waals surface area contributed by atoms with Crippen LogP contribution in [0.25, 0.3) is 0 Å². The van der Waals surface area contributed by atoms with Crippen LogP contribution in [0, 0.1) is 0 Å². The molecule has 1 aromatic heterocycles. The van der Waals surface area contributed by atoms with Crippen molar-refractivity contribution in [1.29, 1.82) is 0 Å². The molecule has 0 radical (unpaired) electrons. The van der Waals surface area contributed by atoms with E-state index in [0.717, 1.165) is 0 Å². The summed E-state index contributed by atoms with van der Waals surface area (Å²) in [6.07, 6.45) is 5.09. The monoisotopic (exact) mass is 286 g/mol. The van der Waals surface area contributed by atoms with Gasteiger partial charge in [0.05, 0.1) is 7.05 Å². The second kappa shape index (κ2) is 3.86. The summed E-state index contributed by atoms with van der Waals surface area (Å²) >= 11 is 0. The third kappa shape index (κ3) is 17.3. The first-order chi connectivity index (χ1) is 7.13. The number of aromatic nitrogens is 2. The van der Waals surface area contributed by atoms with Gasteiger partial charge in [-0.3, -0.25) is 4.84 Å². The van der Waals surface area contributed by atoms with E-state index in [9.17, 15) is 30.0 Å². The first-order valence-electron chi connectivity index (χ1n) is 3.92. The molecule has 0 aliphatic rings. The van der Waals surface area contributed by atoms with E-state index in [-0.39, 0.29) is 5.97 Å². The molecule has 1 aromatic rings. The Morgan fingerprint density at radius 2 is 1.65 bits per heavy atom. The molecule has 1 rings (SSSR count). The number of aryl methyl sites for hydroxylation is 1. The van der Waals surface area contributed by atoms with Crippen LogP contribution in [0.2, 0.25) is 0 Å². The fourth-order valence-corrected chi connectivity index (χ4v) is 0.630. The molecular formula is C6H9F6N2O2P. The topological polar surface area (TPSA) is 35.1 Å². The van der Waals surface area contributed by atoms with Gasteiger partial charge >= 0.3 is 39.0 Å². The van der Waals surface area contributed by atoms with E-state index in [4.69, 9.17) is 4.84 Å². The van der Waals surface area contributed by atoms with Crippen LogP contribution in [0.1, 0.15) is 6.92 Å². The van der Waals surface area contributed by atoms with Crippen LogP contribution in [0.15, 0.2) is 18.7 Å². The van der Waals surface area contributed by atoms with Gasteiger partial charge < -0.3 is 0 Å². The maximum atomic E-state index is 10.4. The fraction of sp³-hybridized carbons (Fsp3) is 0.333. The normalized spacial score (nSPS) is 15.1. The number of hydrogen-bond donors (Lipinski definition) is 0. The van der Waals surface area contributed by atoms with Crippen molar-refractivity contribution >= 4 is 13.8 Å². The Balaban J connectivity index is 0.000000325. The Hall–Kier alpha value is -1.31. The molecule has 4 nitrogen and oxygen atoms in total. The fourth-order valence-electron chi connectivity index (χ4n) is 0.630. The van der Waals surface area contributed by atoms with Gasteiger partial charge in [-0.25, -0.2) is 9.36 Å². The van der Waals surface area contributed by atoms with Crippen LogP contribution in [0.5, 0.6) is 0 Å². The van der Waals surface area contributed by atoms with Gasteiger partial charge in [-0.05, 0) is 4.73 Å². The van der Waals surface area contributed by atoms with E-state index in [2.05, 4.69) is 0 Å². The molecule has 0 aliphatic heterocycles. The zero-order valence-corrected chi connectivity index (χ0v) is 9.55. The molecular weight excluding hydrogens is 277 g/mol. The van der Waals surface area contributed by atoms with Gasteiger partial charge in [-0.2, -0.15) is 0 Å². The molecule has 0 aromatic carbocycles. The average Bonchev–Trinajstić information content (AvgIpc) is 2.26. The Bertz CT molecular complexity index is 399. The second-order valence-electron chi connectivity index (χ2n) is 2.98. The minimum absolute atomic E-state index is 0.323. The van der Waals surface area contributed by atoms with Gasteiger partial charge in [0.1, 0.15) is 6.20 Å². The summed E-state index contributed by atoms with van der Waals surface area (Å²) in [5.74, 6) is -0.323. The van der Waals surface area contributed by atoms with Crippen LogP contribution in [0.4, 0.5) is 25.2 Å². The van der Waals surface area contributed by atoms with Crippen molar-refractivity contribution in [3.8, 4) is 0 Å². The van der Waals surface area contributed by atoms with Gasteiger partial charge in [-0.15, -0.1) is 0 Å². The van der Waals surface area contributed by atoms with Crippen LogP contribution < -0.4 is 9.57 Å². The molecule has 0 bridgehead atoms. The van der Waals surface area contributed by atoms with Crippen LogP contribution in [-0.4, -0.2) is 10.5 Å². The van der Waals surface area contributed by atoms with Crippen molar-refractivity contribution in [2.24, 2.45) is 7.05 Å². The number of carbonyl (C=O) groups is 1. The van der Waals surface area contributed by atoms with E-state index in [0.29, 0.717) is 0 Å². The standard InChI is InChI=1S/C6H9N2O2.F6P/c1-6(9)10-8-4-3-7(2)5-8;1-7(2,3,4,5)6/h3-5H,1-2H3;/q+1;-1. The predicted octanol–water partition coefficient (Wildman–Crippen LogP) is 2.67. The maximum absolute atomic E-state index is 10.7. The Morgan fingerprint density at radius 3 is 1.88 bits per heavy atom. The number of carbonyl (C=O) groups excluding carboxylic acids is 1. The number of hydrogen-bond acceptors (Lipinski definition) is 2. The van der Waals surface area contributed by atoms with E-state index in [1.165, 1.54) is 11.7 Å². The summed E-state index contributed by atoms with van der Waals surface area (Å²) in [6, 6.07) is 0. The van der Waals surface area contributed by atoms with Crippen molar-refractivity contribution in [1.82, 2.24) is 4.57 Å². The molecule has 0 amide bonds. The number of nitrogens with zero attached hydrogens (tertiary/aromatic N) is 2. The summed E-state index contributed by atoms with van der Waals surface area (Å²) in [5.41, 5.74) is 0. The molecule has 0 atom stereocenters. The van der Waals surface area contributed by atoms with Crippen molar-refractivity contribution in [3.05, 3.63) is 18.7 Å².